The van der Waals surface area contributed by atoms with E-state index in [2.05, 4.69) is 5.32 Å². The molecule has 0 bridgehead atoms. The van der Waals surface area contributed by atoms with E-state index in [-0.39, 0.29) is 29.2 Å². The summed E-state index contributed by atoms with van der Waals surface area (Å²) in [6.45, 7) is 2.88. The Hall–Kier alpha value is -1.36. The number of carbonyl (C=O) groups excluding carboxylic acids is 1. The molecule has 15 heavy (non-hydrogen) atoms. The third kappa shape index (κ3) is 2.79. The van der Waals surface area contributed by atoms with E-state index in [1.54, 1.807) is 0 Å². The first-order valence-electron chi connectivity index (χ1n) is 4.81. The molecule has 1 fully saturated rings. The summed E-state index contributed by atoms with van der Waals surface area (Å²) in [5.74, 6) is -1.46. The first-order valence-corrected chi connectivity index (χ1v) is 4.81. The van der Waals surface area contributed by atoms with Crippen molar-refractivity contribution >= 4 is 11.9 Å². The summed E-state index contributed by atoms with van der Waals surface area (Å²) in [5, 5.41) is 20.3. The minimum atomic E-state index is -1.09. The summed E-state index contributed by atoms with van der Waals surface area (Å²) < 4.78 is 0. The van der Waals surface area contributed by atoms with Crippen molar-refractivity contribution in [2.75, 3.05) is 0 Å². The van der Waals surface area contributed by atoms with E-state index in [1.165, 1.54) is 13.8 Å². The normalized spacial score (nSPS) is 26.3. The molecule has 0 heterocycles. The Morgan fingerprint density at radius 2 is 1.73 bits per heavy atom. The third-order valence-corrected chi connectivity index (χ3v) is 2.67. The molecule has 3 N–H and O–H groups in total. The second-order valence-electron chi connectivity index (χ2n) is 3.85. The Morgan fingerprint density at radius 1 is 1.20 bits per heavy atom. The second kappa shape index (κ2) is 4.44. The fourth-order valence-electron chi connectivity index (χ4n) is 1.33. The number of aliphatic hydroxyl groups is 1. The predicted octanol–water partition coefficient (Wildman–Crippen LogP) is 0.0469. The van der Waals surface area contributed by atoms with Crippen molar-refractivity contribution in [3.05, 3.63) is 11.1 Å². The maximum Gasteiger partial charge on any atom is 0.331 e. The van der Waals surface area contributed by atoms with Crippen LogP contribution in [0.4, 0.5) is 0 Å². The van der Waals surface area contributed by atoms with Gasteiger partial charge in [0, 0.05) is 17.2 Å². The number of amides is 1. The van der Waals surface area contributed by atoms with E-state index in [0.717, 1.165) is 0 Å². The summed E-state index contributed by atoms with van der Waals surface area (Å²) >= 11 is 0. The average molecular weight is 213 g/mol. The molecule has 0 radical (unpaired) electrons. The third-order valence-electron chi connectivity index (χ3n) is 2.67. The Balaban J connectivity index is 2.54. The highest BCUT2D eigenvalue weighted by Crippen LogP contribution is 2.19. The van der Waals surface area contributed by atoms with Crippen LogP contribution in [-0.4, -0.2) is 34.2 Å². The van der Waals surface area contributed by atoms with Crippen molar-refractivity contribution in [1.82, 2.24) is 5.32 Å². The number of rotatable bonds is 3. The molecule has 0 spiro atoms. The van der Waals surface area contributed by atoms with E-state index >= 15 is 0 Å². The number of hydrogen-bond donors (Lipinski definition) is 3. The van der Waals surface area contributed by atoms with Gasteiger partial charge in [-0.2, -0.15) is 0 Å². The molecule has 0 atom stereocenters. The van der Waals surface area contributed by atoms with Crippen LogP contribution in [0.1, 0.15) is 26.7 Å². The first-order chi connectivity index (χ1) is 6.91. The zero-order chi connectivity index (χ0) is 11.6. The van der Waals surface area contributed by atoms with Gasteiger partial charge in [0.1, 0.15) is 0 Å². The molecule has 1 amide bonds. The topological polar surface area (TPSA) is 86.6 Å². The zero-order valence-electron chi connectivity index (χ0n) is 8.78. The lowest BCUT2D eigenvalue weighted by Crippen LogP contribution is -2.47. The van der Waals surface area contributed by atoms with Crippen molar-refractivity contribution in [3.8, 4) is 0 Å². The summed E-state index contributed by atoms with van der Waals surface area (Å²) in [6.07, 6.45) is 0.760. The molecule has 0 aliphatic heterocycles. The second-order valence-corrected chi connectivity index (χ2v) is 3.85. The smallest absolute Gasteiger partial charge is 0.331 e. The summed E-state index contributed by atoms with van der Waals surface area (Å²) in [6, 6.07) is -0.0240. The molecule has 0 aromatic carbocycles. The Bertz CT molecular complexity index is 315. The summed E-state index contributed by atoms with van der Waals surface area (Å²) in [4.78, 5) is 22.1. The maximum atomic E-state index is 11.5. The standard InChI is InChI=1S/C10H15NO4/c1-5(6(2)10(14)15)9(13)11-7-3-8(12)4-7/h7-8,12H,3-4H2,1-2H3,(H,11,13)(H,14,15)/b6-5+. The van der Waals surface area contributed by atoms with Gasteiger partial charge in [-0.1, -0.05) is 0 Å². The Kier molecular flexibility index (Phi) is 3.47. The van der Waals surface area contributed by atoms with Crippen molar-refractivity contribution in [2.24, 2.45) is 0 Å². The molecule has 0 unspecified atom stereocenters. The molecule has 0 saturated heterocycles. The molecule has 0 aromatic heterocycles. The van der Waals surface area contributed by atoms with Crippen LogP contribution in [-0.2, 0) is 9.59 Å². The van der Waals surface area contributed by atoms with Crippen molar-refractivity contribution in [3.63, 3.8) is 0 Å². The first kappa shape index (κ1) is 11.7. The lowest BCUT2D eigenvalue weighted by Gasteiger charge is -2.32. The van der Waals surface area contributed by atoms with Gasteiger partial charge in [0.15, 0.2) is 0 Å². The molecular weight excluding hydrogens is 198 g/mol. The van der Waals surface area contributed by atoms with E-state index in [1.807, 2.05) is 0 Å². The summed E-state index contributed by atoms with van der Waals surface area (Å²) in [7, 11) is 0. The van der Waals surface area contributed by atoms with Crippen molar-refractivity contribution < 1.29 is 19.8 Å². The van der Waals surface area contributed by atoms with Gasteiger partial charge >= 0.3 is 5.97 Å². The zero-order valence-corrected chi connectivity index (χ0v) is 8.78. The molecule has 1 saturated carbocycles. The predicted molar refractivity (Wildman–Crippen MR) is 53.2 cm³/mol. The molecule has 5 heteroatoms. The highest BCUT2D eigenvalue weighted by Gasteiger charge is 2.29. The van der Waals surface area contributed by atoms with Crippen LogP contribution in [0.3, 0.4) is 0 Å². The van der Waals surface area contributed by atoms with Gasteiger partial charge in [-0.05, 0) is 26.7 Å². The quantitative estimate of drug-likeness (QED) is 0.578. The van der Waals surface area contributed by atoms with E-state index in [9.17, 15) is 9.59 Å². The van der Waals surface area contributed by atoms with Gasteiger partial charge in [-0.15, -0.1) is 0 Å². The lowest BCUT2D eigenvalue weighted by atomic mass is 9.89. The van der Waals surface area contributed by atoms with Gasteiger partial charge < -0.3 is 15.5 Å². The van der Waals surface area contributed by atoms with Crippen molar-refractivity contribution in [1.29, 1.82) is 0 Å². The van der Waals surface area contributed by atoms with E-state index in [0.29, 0.717) is 12.8 Å². The molecule has 1 aliphatic carbocycles. The van der Waals surface area contributed by atoms with Crippen molar-refractivity contribution in [2.45, 2.75) is 38.8 Å². The van der Waals surface area contributed by atoms with Gasteiger partial charge in [0.25, 0.3) is 0 Å². The monoisotopic (exact) mass is 213 g/mol. The fourth-order valence-corrected chi connectivity index (χ4v) is 1.33. The highest BCUT2D eigenvalue weighted by molar-refractivity contribution is 6.01. The van der Waals surface area contributed by atoms with Crippen LogP contribution < -0.4 is 5.32 Å². The van der Waals surface area contributed by atoms with Crippen LogP contribution >= 0.6 is 0 Å². The number of carbonyl (C=O) groups is 2. The number of carboxylic acids is 1. The lowest BCUT2D eigenvalue weighted by molar-refractivity contribution is -0.133. The molecule has 5 nitrogen and oxygen atoms in total. The molecule has 1 aliphatic rings. The number of carboxylic acid groups (broad SMARTS) is 1. The van der Waals surface area contributed by atoms with Crippen LogP contribution in [0.15, 0.2) is 11.1 Å². The molecular formula is C10H15NO4. The van der Waals surface area contributed by atoms with E-state index in [4.69, 9.17) is 10.2 Å². The van der Waals surface area contributed by atoms with Gasteiger partial charge in [0.2, 0.25) is 5.91 Å². The van der Waals surface area contributed by atoms with E-state index < -0.39 is 5.97 Å². The van der Waals surface area contributed by atoms with Crippen LogP contribution in [0.2, 0.25) is 0 Å². The number of hydrogen-bond acceptors (Lipinski definition) is 3. The minimum absolute atomic E-state index is 0.0240. The van der Waals surface area contributed by atoms with Gasteiger partial charge in [-0.3, -0.25) is 4.79 Å². The number of aliphatic hydroxyl groups excluding tert-OH is 1. The maximum absolute atomic E-state index is 11.5. The average Bonchev–Trinajstić information content (AvgIpc) is 2.12. The molecule has 84 valence electrons. The largest absolute Gasteiger partial charge is 0.478 e. The van der Waals surface area contributed by atoms with Crippen LogP contribution in [0.25, 0.3) is 0 Å². The van der Waals surface area contributed by atoms with Crippen LogP contribution in [0, 0.1) is 0 Å². The molecule has 0 aromatic rings. The SMILES string of the molecule is C/C(C(=O)O)=C(/C)C(=O)NC1CC(O)C1. The van der Waals surface area contributed by atoms with Gasteiger partial charge in [0.05, 0.1) is 6.10 Å². The minimum Gasteiger partial charge on any atom is -0.478 e. The Morgan fingerprint density at radius 3 is 2.13 bits per heavy atom. The van der Waals surface area contributed by atoms with Gasteiger partial charge in [-0.25, -0.2) is 4.79 Å². The Labute approximate surface area is 87.8 Å². The summed E-state index contributed by atoms with van der Waals surface area (Å²) in [5.41, 5.74) is 0.260. The molecule has 1 rings (SSSR count). The number of nitrogens with one attached hydrogen (secondary N) is 1. The number of aliphatic carboxylic acids is 1. The fraction of sp³-hybridized carbons (Fsp3) is 0.600. The van der Waals surface area contributed by atoms with Crippen LogP contribution in [0.5, 0.6) is 0 Å². The highest BCUT2D eigenvalue weighted by atomic mass is 16.4.